The van der Waals surface area contributed by atoms with Crippen molar-refractivity contribution in [2.45, 2.75) is 19.9 Å². The normalized spacial score (nSPS) is 16.8. The van der Waals surface area contributed by atoms with E-state index in [9.17, 15) is 19.5 Å². The van der Waals surface area contributed by atoms with Crippen molar-refractivity contribution >= 4 is 39.9 Å². The van der Waals surface area contributed by atoms with Gasteiger partial charge in [-0.1, -0.05) is 23.5 Å². The number of hydrogen-bond donors (Lipinski definition) is 1. The molecule has 2 aromatic carbocycles. The molecule has 1 saturated heterocycles. The second-order valence-electron chi connectivity index (χ2n) is 7.81. The highest BCUT2D eigenvalue weighted by Gasteiger charge is 2.48. The molecule has 1 atom stereocenters. The Balaban J connectivity index is 1.92. The van der Waals surface area contributed by atoms with Crippen LogP contribution in [0.2, 0.25) is 0 Å². The third-order valence-electron chi connectivity index (χ3n) is 5.65. The van der Waals surface area contributed by atoms with Gasteiger partial charge < -0.3 is 19.3 Å². The van der Waals surface area contributed by atoms with E-state index in [-0.39, 0.29) is 21.3 Å². The summed E-state index contributed by atoms with van der Waals surface area (Å²) in [5.41, 5.74) is 1.13. The molecular weight excluding hydrogens is 484 g/mol. The van der Waals surface area contributed by atoms with Crippen LogP contribution in [0.1, 0.15) is 39.5 Å². The molecule has 1 aromatic heterocycles. The smallest absolute Gasteiger partial charge is 0.350 e. The lowest BCUT2D eigenvalue weighted by Crippen LogP contribution is -2.29. The number of amides is 1. The van der Waals surface area contributed by atoms with Gasteiger partial charge in [0.25, 0.3) is 5.78 Å². The molecule has 9 nitrogen and oxygen atoms in total. The Labute approximate surface area is 211 Å². The van der Waals surface area contributed by atoms with Gasteiger partial charge in [0.1, 0.15) is 22.1 Å². The zero-order chi connectivity index (χ0) is 26.0. The first-order valence-electron chi connectivity index (χ1n) is 11.0. The zero-order valence-electron chi connectivity index (χ0n) is 20.1. The van der Waals surface area contributed by atoms with Crippen molar-refractivity contribution in [1.29, 1.82) is 0 Å². The summed E-state index contributed by atoms with van der Waals surface area (Å²) in [6.45, 7) is 3.88. The van der Waals surface area contributed by atoms with Gasteiger partial charge in [-0.3, -0.25) is 14.5 Å². The first-order chi connectivity index (χ1) is 17.3. The van der Waals surface area contributed by atoms with Gasteiger partial charge in [-0.2, -0.15) is 0 Å². The maximum atomic E-state index is 13.3. The molecule has 0 spiro atoms. The molecule has 0 aliphatic carbocycles. The number of thiazole rings is 1. The predicted octanol–water partition coefficient (Wildman–Crippen LogP) is 4.27. The number of rotatable bonds is 7. The topological polar surface area (TPSA) is 115 Å². The van der Waals surface area contributed by atoms with Gasteiger partial charge >= 0.3 is 11.9 Å². The lowest BCUT2D eigenvalue weighted by molar-refractivity contribution is -0.132. The Morgan fingerprint density at radius 2 is 1.83 bits per heavy atom. The largest absolute Gasteiger partial charge is 0.507 e. The minimum absolute atomic E-state index is 0.105. The second-order valence-corrected chi connectivity index (χ2v) is 8.78. The fourth-order valence-corrected chi connectivity index (χ4v) is 4.97. The van der Waals surface area contributed by atoms with Crippen LogP contribution in [0, 0.1) is 6.92 Å². The average Bonchev–Trinajstić information content (AvgIpc) is 3.40. The number of aliphatic hydroxyl groups excluding tert-OH is 1. The highest BCUT2D eigenvalue weighted by molar-refractivity contribution is 7.17. The Bertz CT molecular complexity index is 1360. The van der Waals surface area contributed by atoms with Crippen molar-refractivity contribution in [1.82, 2.24) is 4.98 Å². The molecule has 186 valence electrons. The fourth-order valence-electron chi connectivity index (χ4n) is 3.96. The summed E-state index contributed by atoms with van der Waals surface area (Å²) < 4.78 is 15.6. The van der Waals surface area contributed by atoms with Gasteiger partial charge in [0.05, 0.1) is 38.1 Å². The molecular formula is C26H24N2O7S. The number of methoxy groups -OCH3 is 2. The van der Waals surface area contributed by atoms with E-state index in [1.54, 1.807) is 55.5 Å². The maximum absolute atomic E-state index is 13.3. The number of ether oxygens (including phenoxy) is 3. The molecule has 1 amide bonds. The number of ketones is 1. The molecule has 1 aliphatic heterocycles. The molecule has 2 heterocycles. The Hall–Kier alpha value is -4.18. The maximum Gasteiger partial charge on any atom is 0.350 e. The van der Waals surface area contributed by atoms with Crippen molar-refractivity contribution in [3.8, 4) is 11.5 Å². The van der Waals surface area contributed by atoms with E-state index in [0.717, 1.165) is 11.3 Å². The van der Waals surface area contributed by atoms with E-state index >= 15 is 0 Å². The molecule has 1 aliphatic rings. The monoisotopic (exact) mass is 508 g/mol. The van der Waals surface area contributed by atoms with Crippen molar-refractivity contribution in [3.05, 3.63) is 75.8 Å². The Kier molecular flexibility index (Phi) is 7.07. The summed E-state index contributed by atoms with van der Waals surface area (Å²) in [6, 6.07) is 12.4. The SMILES string of the molecule is CCOc1cccc(C2C(=C(O)c3ccc(OC)cc3)C(=O)C(=O)N2c2nc(C)c(C(=O)OC)s2)c1. The molecule has 1 fully saturated rings. The van der Waals surface area contributed by atoms with E-state index in [2.05, 4.69) is 4.98 Å². The molecule has 3 aromatic rings. The number of benzene rings is 2. The number of aryl methyl sites for hydroxylation is 1. The van der Waals surface area contributed by atoms with Crippen LogP contribution in [-0.2, 0) is 14.3 Å². The van der Waals surface area contributed by atoms with Gasteiger partial charge in [-0.25, -0.2) is 9.78 Å². The first kappa shape index (κ1) is 24.9. The molecule has 0 bridgehead atoms. The van der Waals surface area contributed by atoms with Crippen molar-refractivity contribution < 1.29 is 33.7 Å². The van der Waals surface area contributed by atoms with E-state index in [4.69, 9.17) is 14.2 Å². The molecule has 10 heteroatoms. The average molecular weight is 509 g/mol. The number of nitrogens with zero attached hydrogens (tertiary/aromatic N) is 2. The van der Waals surface area contributed by atoms with Crippen LogP contribution in [0.15, 0.2) is 54.1 Å². The predicted molar refractivity (Wildman–Crippen MR) is 134 cm³/mol. The number of aromatic nitrogens is 1. The van der Waals surface area contributed by atoms with Crippen LogP contribution in [0.5, 0.6) is 11.5 Å². The van der Waals surface area contributed by atoms with E-state index in [1.165, 1.54) is 19.1 Å². The van der Waals surface area contributed by atoms with Gasteiger partial charge in [0.2, 0.25) is 0 Å². The van der Waals surface area contributed by atoms with Gasteiger partial charge in [0.15, 0.2) is 5.13 Å². The van der Waals surface area contributed by atoms with Crippen molar-refractivity contribution in [3.63, 3.8) is 0 Å². The lowest BCUT2D eigenvalue weighted by Gasteiger charge is -2.23. The number of aliphatic hydroxyl groups is 1. The van der Waals surface area contributed by atoms with Gasteiger partial charge in [-0.05, 0) is 55.8 Å². The number of Topliss-reactive ketones (excluding diaryl/α,β-unsaturated/α-hetero) is 1. The number of anilines is 1. The van der Waals surface area contributed by atoms with Crippen LogP contribution in [0.25, 0.3) is 5.76 Å². The Morgan fingerprint density at radius 3 is 2.47 bits per heavy atom. The summed E-state index contributed by atoms with van der Waals surface area (Å²) in [5.74, 6) is -1.57. The molecule has 1 unspecified atom stereocenters. The number of hydrogen-bond acceptors (Lipinski definition) is 9. The van der Waals surface area contributed by atoms with E-state index in [0.29, 0.717) is 34.9 Å². The standard InChI is InChI=1S/C26H24N2O7S/c1-5-35-18-8-6-7-16(13-18)20-19(21(29)15-9-11-17(33-3)12-10-15)22(30)24(31)28(20)26-27-14(2)23(36-26)25(32)34-4/h6-13,20,29H,5H2,1-4H3. The van der Waals surface area contributed by atoms with E-state index in [1.807, 2.05) is 6.92 Å². The van der Waals surface area contributed by atoms with Gasteiger partial charge in [0, 0.05) is 5.56 Å². The summed E-state index contributed by atoms with van der Waals surface area (Å²) >= 11 is 0.938. The van der Waals surface area contributed by atoms with Crippen LogP contribution in [0.3, 0.4) is 0 Å². The quantitative estimate of drug-likeness (QED) is 0.218. The molecule has 0 radical (unpaired) electrons. The van der Waals surface area contributed by atoms with Gasteiger partial charge in [-0.15, -0.1) is 0 Å². The van der Waals surface area contributed by atoms with Crippen LogP contribution < -0.4 is 14.4 Å². The molecule has 1 N–H and O–H groups in total. The van der Waals surface area contributed by atoms with Crippen molar-refractivity contribution in [2.75, 3.05) is 25.7 Å². The molecule has 36 heavy (non-hydrogen) atoms. The highest BCUT2D eigenvalue weighted by atomic mass is 32.1. The Morgan fingerprint density at radius 1 is 1.11 bits per heavy atom. The molecule has 0 saturated carbocycles. The van der Waals surface area contributed by atoms with Crippen molar-refractivity contribution in [2.24, 2.45) is 0 Å². The fraction of sp³-hybridized carbons (Fsp3) is 0.231. The second kappa shape index (κ2) is 10.2. The summed E-state index contributed by atoms with van der Waals surface area (Å²) in [5, 5.41) is 11.4. The summed E-state index contributed by atoms with van der Waals surface area (Å²) in [4.78, 5) is 44.7. The minimum Gasteiger partial charge on any atom is -0.507 e. The number of esters is 1. The highest BCUT2D eigenvalue weighted by Crippen LogP contribution is 2.44. The number of carbonyl (C=O) groups is 3. The zero-order valence-corrected chi connectivity index (χ0v) is 20.9. The minimum atomic E-state index is -1.01. The lowest BCUT2D eigenvalue weighted by atomic mass is 9.95. The third kappa shape index (κ3) is 4.42. The van der Waals surface area contributed by atoms with Crippen LogP contribution in [-0.4, -0.2) is 48.6 Å². The van der Waals surface area contributed by atoms with E-state index < -0.39 is 23.7 Å². The van der Waals surface area contributed by atoms with Crippen LogP contribution >= 0.6 is 11.3 Å². The van der Waals surface area contributed by atoms with Crippen LogP contribution in [0.4, 0.5) is 5.13 Å². The first-order valence-corrected chi connectivity index (χ1v) is 11.9. The molecule has 4 rings (SSSR count). The summed E-state index contributed by atoms with van der Waals surface area (Å²) in [7, 11) is 2.77. The third-order valence-corrected chi connectivity index (χ3v) is 6.79. The summed E-state index contributed by atoms with van der Waals surface area (Å²) in [6.07, 6.45) is 0. The number of carbonyl (C=O) groups excluding carboxylic acids is 3.